The van der Waals surface area contributed by atoms with Crippen LogP contribution in [-0.2, 0) is 12.7 Å². The predicted octanol–water partition coefficient (Wildman–Crippen LogP) is 7.37. The van der Waals surface area contributed by atoms with Gasteiger partial charge in [0.05, 0.1) is 17.3 Å². The first kappa shape index (κ1) is 27.2. The number of hydrogen-bond donors (Lipinski definition) is 0. The van der Waals surface area contributed by atoms with Gasteiger partial charge >= 0.3 is 6.18 Å². The Kier molecular flexibility index (Phi) is 7.91. The van der Waals surface area contributed by atoms with Gasteiger partial charge in [-0.25, -0.2) is 4.98 Å². The first-order valence-electron chi connectivity index (χ1n) is 13.5. The molecule has 3 aromatic carbocycles. The summed E-state index contributed by atoms with van der Waals surface area (Å²) in [6.07, 6.45) is -4.35. The average Bonchev–Trinajstić information content (AvgIpc) is 3.26. The number of hydrogen-bond acceptors (Lipinski definition) is 3. The molecule has 0 radical (unpaired) electrons. The topological polar surface area (TPSA) is 24.3 Å². The molecule has 204 valence electrons. The second-order valence-electron chi connectivity index (χ2n) is 10.5. The quantitative estimate of drug-likeness (QED) is 0.248. The molecule has 0 atom stereocenters. The molecule has 1 aromatic heterocycles. The SMILES string of the molecule is Cc1c(CN2CCN(C(c3ccccc3)c3ccccc3)CC2)nc(-c2ccc(C(F)(F)F)cc2)n1C(C)C. The smallest absolute Gasteiger partial charge is 0.326 e. The summed E-state index contributed by atoms with van der Waals surface area (Å²) < 4.78 is 41.4. The fourth-order valence-corrected chi connectivity index (χ4v) is 5.63. The minimum Gasteiger partial charge on any atom is -0.326 e. The van der Waals surface area contributed by atoms with Crippen molar-refractivity contribution in [1.82, 2.24) is 19.4 Å². The van der Waals surface area contributed by atoms with E-state index < -0.39 is 11.7 Å². The molecular formula is C32H35F3N4. The Morgan fingerprint density at radius 1 is 0.769 bits per heavy atom. The maximum atomic E-state index is 13.1. The molecule has 1 saturated heterocycles. The van der Waals surface area contributed by atoms with Gasteiger partial charge in [-0.05, 0) is 44.0 Å². The number of rotatable bonds is 7. The highest BCUT2D eigenvalue weighted by Gasteiger charge is 2.31. The van der Waals surface area contributed by atoms with E-state index in [-0.39, 0.29) is 12.1 Å². The highest BCUT2D eigenvalue weighted by Crippen LogP contribution is 2.33. The first-order chi connectivity index (χ1) is 18.7. The van der Waals surface area contributed by atoms with Crippen LogP contribution >= 0.6 is 0 Å². The molecule has 0 bridgehead atoms. The summed E-state index contributed by atoms with van der Waals surface area (Å²) in [6.45, 7) is 10.6. The van der Waals surface area contributed by atoms with Gasteiger partial charge in [0.1, 0.15) is 5.82 Å². The normalized spacial score (nSPS) is 15.4. The second-order valence-corrected chi connectivity index (χ2v) is 10.5. The number of halogens is 3. The molecule has 0 unspecified atom stereocenters. The van der Waals surface area contributed by atoms with Crippen LogP contribution in [0.2, 0.25) is 0 Å². The van der Waals surface area contributed by atoms with Gasteiger partial charge in [-0.3, -0.25) is 9.80 Å². The summed E-state index contributed by atoms with van der Waals surface area (Å²) in [7, 11) is 0. The monoisotopic (exact) mass is 532 g/mol. The summed E-state index contributed by atoms with van der Waals surface area (Å²) in [4.78, 5) is 9.94. The van der Waals surface area contributed by atoms with Gasteiger partial charge in [0, 0.05) is 50.0 Å². The van der Waals surface area contributed by atoms with Crippen LogP contribution in [-0.4, -0.2) is 45.5 Å². The zero-order valence-corrected chi connectivity index (χ0v) is 22.7. The average molecular weight is 533 g/mol. The summed E-state index contributed by atoms with van der Waals surface area (Å²) in [6, 6.07) is 27.0. The minimum absolute atomic E-state index is 0.137. The lowest BCUT2D eigenvalue weighted by atomic mass is 9.96. The van der Waals surface area contributed by atoms with Crippen LogP contribution < -0.4 is 0 Å². The van der Waals surface area contributed by atoms with Crippen molar-refractivity contribution in [3.8, 4) is 11.4 Å². The van der Waals surface area contributed by atoms with Crippen LogP contribution in [0.15, 0.2) is 84.9 Å². The molecule has 0 N–H and O–H groups in total. The van der Waals surface area contributed by atoms with E-state index in [1.54, 1.807) is 0 Å². The van der Waals surface area contributed by atoms with E-state index in [0.29, 0.717) is 12.1 Å². The van der Waals surface area contributed by atoms with Crippen molar-refractivity contribution in [2.24, 2.45) is 0 Å². The van der Waals surface area contributed by atoms with Gasteiger partial charge in [-0.15, -0.1) is 0 Å². The Morgan fingerprint density at radius 3 is 1.79 bits per heavy atom. The van der Waals surface area contributed by atoms with Crippen LogP contribution in [0.25, 0.3) is 11.4 Å². The third-order valence-corrected chi connectivity index (χ3v) is 7.61. The Labute approximate surface area is 228 Å². The molecule has 39 heavy (non-hydrogen) atoms. The van der Waals surface area contributed by atoms with Crippen LogP contribution in [0, 0.1) is 6.92 Å². The van der Waals surface area contributed by atoms with E-state index in [9.17, 15) is 13.2 Å². The molecule has 4 aromatic rings. The van der Waals surface area contributed by atoms with Crippen molar-refractivity contribution < 1.29 is 13.2 Å². The Balaban J connectivity index is 1.33. The van der Waals surface area contributed by atoms with Gasteiger partial charge in [0.25, 0.3) is 0 Å². The molecule has 1 aliphatic heterocycles. The molecule has 1 fully saturated rings. The third-order valence-electron chi connectivity index (χ3n) is 7.61. The lowest BCUT2D eigenvalue weighted by Gasteiger charge is -2.39. The summed E-state index contributed by atoms with van der Waals surface area (Å²) in [5.74, 6) is 0.720. The first-order valence-corrected chi connectivity index (χ1v) is 13.5. The van der Waals surface area contributed by atoms with E-state index in [4.69, 9.17) is 4.98 Å². The molecule has 0 spiro atoms. The van der Waals surface area contributed by atoms with Crippen molar-refractivity contribution in [2.45, 2.75) is 45.6 Å². The number of benzene rings is 3. The number of piperazine rings is 1. The highest BCUT2D eigenvalue weighted by atomic mass is 19.4. The van der Waals surface area contributed by atoms with Crippen molar-refractivity contribution in [2.75, 3.05) is 26.2 Å². The maximum absolute atomic E-state index is 13.1. The fraction of sp³-hybridized carbons (Fsp3) is 0.344. The minimum atomic E-state index is -4.35. The fourth-order valence-electron chi connectivity index (χ4n) is 5.63. The number of imidazole rings is 1. The van der Waals surface area contributed by atoms with Crippen molar-refractivity contribution in [3.05, 3.63) is 113 Å². The molecule has 0 saturated carbocycles. The summed E-state index contributed by atoms with van der Waals surface area (Å²) in [5, 5.41) is 0. The zero-order valence-electron chi connectivity index (χ0n) is 22.7. The third kappa shape index (κ3) is 5.94. The van der Waals surface area contributed by atoms with E-state index in [2.05, 4.69) is 95.8 Å². The molecule has 4 nitrogen and oxygen atoms in total. The molecule has 0 aliphatic carbocycles. The molecule has 2 heterocycles. The Morgan fingerprint density at radius 2 is 1.31 bits per heavy atom. The van der Waals surface area contributed by atoms with Gasteiger partial charge in [0.15, 0.2) is 0 Å². The lowest BCUT2D eigenvalue weighted by Crippen LogP contribution is -2.47. The highest BCUT2D eigenvalue weighted by molar-refractivity contribution is 5.58. The molecule has 5 rings (SSSR count). The summed E-state index contributed by atoms with van der Waals surface area (Å²) >= 11 is 0. The molecule has 0 amide bonds. The maximum Gasteiger partial charge on any atom is 0.416 e. The van der Waals surface area contributed by atoms with Crippen molar-refractivity contribution in [3.63, 3.8) is 0 Å². The van der Waals surface area contributed by atoms with Gasteiger partial charge in [-0.1, -0.05) is 72.8 Å². The second kappa shape index (κ2) is 11.4. The van der Waals surface area contributed by atoms with Crippen LogP contribution in [0.4, 0.5) is 13.2 Å². The molecule has 7 heteroatoms. The van der Waals surface area contributed by atoms with E-state index in [1.165, 1.54) is 23.3 Å². The molecular weight excluding hydrogens is 497 g/mol. The predicted molar refractivity (Wildman–Crippen MR) is 149 cm³/mol. The Hall–Kier alpha value is -3.42. The number of nitrogens with zero attached hydrogens (tertiary/aromatic N) is 4. The number of alkyl halides is 3. The van der Waals surface area contributed by atoms with E-state index in [1.807, 2.05) is 0 Å². The van der Waals surface area contributed by atoms with Crippen molar-refractivity contribution in [1.29, 1.82) is 0 Å². The van der Waals surface area contributed by atoms with Gasteiger partial charge in [-0.2, -0.15) is 13.2 Å². The van der Waals surface area contributed by atoms with Gasteiger partial charge in [0.2, 0.25) is 0 Å². The summed E-state index contributed by atoms with van der Waals surface area (Å²) in [5.41, 5.74) is 4.69. The van der Waals surface area contributed by atoms with Crippen LogP contribution in [0.3, 0.4) is 0 Å². The van der Waals surface area contributed by atoms with E-state index >= 15 is 0 Å². The van der Waals surface area contributed by atoms with Gasteiger partial charge < -0.3 is 4.57 Å². The van der Waals surface area contributed by atoms with E-state index in [0.717, 1.165) is 55.5 Å². The lowest BCUT2D eigenvalue weighted by molar-refractivity contribution is -0.137. The number of aromatic nitrogens is 2. The van der Waals surface area contributed by atoms with Crippen LogP contribution in [0.5, 0.6) is 0 Å². The Bertz CT molecular complexity index is 1320. The van der Waals surface area contributed by atoms with Crippen molar-refractivity contribution >= 4 is 0 Å². The zero-order chi connectivity index (χ0) is 27.6. The van der Waals surface area contributed by atoms with Crippen LogP contribution in [0.1, 0.15) is 54.0 Å². The largest absolute Gasteiger partial charge is 0.416 e. The molecule has 1 aliphatic rings. The standard InChI is InChI=1S/C32H35F3N4/c1-23(2)39-24(3)29(36-31(39)27-14-16-28(17-15-27)32(33,34)35)22-37-18-20-38(21-19-37)30(25-10-6-4-7-11-25)26-12-8-5-9-13-26/h4-17,23,30H,18-22H2,1-3H3.